The predicted molar refractivity (Wildman–Crippen MR) is 88.9 cm³/mol. The first-order valence-corrected chi connectivity index (χ1v) is 9.08. The summed E-state index contributed by atoms with van der Waals surface area (Å²) < 4.78 is 40.2. The summed E-state index contributed by atoms with van der Waals surface area (Å²) in [4.78, 5) is 13.9. The molecular weight excluding hydrogens is 355 g/mol. The standard InChI is InChI=1S/C16H14ClFN2O3S/c17-11-2-1-3-14(10-11)24(22,23)19-15-8-9-20(16(15)21)13-6-4-12(18)5-7-13/h1-7,10,15,19H,8-9H2/t15-/m1/s1. The summed E-state index contributed by atoms with van der Waals surface area (Å²) in [6.45, 7) is 0.354. The van der Waals surface area contributed by atoms with Gasteiger partial charge in [0.25, 0.3) is 0 Å². The molecule has 2 aromatic carbocycles. The van der Waals surface area contributed by atoms with Crippen molar-refractivity contribution in [3.05, 3.63) is 59.4 Å². The van der Waals surface area contributed by atoms with E-state index in [2.05, 4.69) is 4.72 Å². The van der Waals surface area contributed by atoms with Crippen LogP contribution in [0.25, 0.3) is 0 Å². The number of amides is 1. The van der Waals surface area contributed by atoms with Gasteiger partial charge in [-0.15, -0.1) is 0 Å². The maximum Gasteiger partial charge on any atom is 0.245 e. The smallest absolute Gasteiger partial charge is 0.245 e. The van der Waals surface area contributed by atoms with Gasteiger partial charge in [0.1, 0.15) is 11.9 Å². The number of sulfonamides is 1. The molecule has 126 valence electrons. The van der Waals surface area contributed by atoms with Crippen LogP contribution in [0.15, 0.2) is 53.4 Å². The van der Waals surface area contributed by atoms with Crippen LogP contribution in [-0.2, 0) is 14.8 Å². The van der Waals surface area contributed by atoms with E-state index in [1.54, 1.807) is 6.07 Å². The average molecular weight is 369 g/mol. The maximum atomic E-state index is 13.0. The van der Waals surface area contributed by atoms with Gasteiger partial charge in [-0.3, -0.25) is 4.79 Å². The summed E-state index contributed by atoms with van der Waals surface area (Å²) >= 11 is 5.81. The van der Waals surface area contributed by atoms with Crippen LogP contribution in [0.3, 0.4) is 0 Å². The molecule has 3 rings (SSSR count). The summed E-state index contributed by atoms with van der Waals surface area (Å²) in [6.07, 6.45) is 0.329. The van der Waals surface area contributed by atoms with Gasteiger partial charge < -0.3 is 4.90 Å². The Balaban J connectivity index is 1.77. The quantitative estimate of drug-likeness (QED) is 0.902. The van der Waals surface area contributed by atoms with Crippen LogP contribution in [0.5, 0.6) is 0 Å². The highest BCUT2D eigenvalue weighted by atomic mass is 35.5. The van der Waals surface area contributed by atoms with Crippen molar-refractivity contribution in [2.45, 2.75) is 17.4 Å². The van der Waals surface area contributed by atoms with E-state index >= 15 is 0 Å². The van der Waals surface area contributed by atoms with Gasteiger partial charge in [-0.25, -0.2) is 12.8 Å². The highest BCUT2D eigenvalue weighted by molar-refractivity contribution is 7.89. The Kier molecular flexibility index (Phi) is 4.58. The molecule has 0 saturated carbocycles. The monoisotopic (exact) mass is 368 g/mol. The Morgan fingerprint density at radius 2 is 1.88 bits per heavy atom. The van der Waals surface area contributed by atoms with Crippen molar-refractivity contribution in [3.8, 4) is 0 Å². The molecule has 1 atom stereocenters. The van der Waals surface area contributed by atoms with Gasteiger partial charge in [0.15, 0.2) is 0 Å². The highest BCUT2D eigenvalue weighted by Gasteiger charge is 2.35. The van der Waals surface area contributed by atoms with Crippen molar-refractivity contribution in [1.29, 1.82) is 0 Å². The van der Waals surface area contributed by atoms with Crippen molar-refractivity contribution >= 4 is 33.2 Å². The largest absolute Gasteiger partial charge is 0.311 e. The van der Waals surface area contributed by atoms with Crippen LogP contribution in [0.2, 0.25) is 5.02 Å². The number of rotatable bonds is 4. The fourth-order valence-corrected chi connectivity index (χ4v) is 4.08. The Morgan fingerprint density at radius 1 is 1.17 bits per heavy atom. The molecule has 5 nitrogen and oxygen atoms in total. The van der Waals surface area contributed by atoms with E-state index in [1.807, 2.05) is 0 Å². The van der Waals surface area contributed by atoms with Crippen LogP contribution in [0.4, 0.5) is 10.1 Å². The average Bonchev–Trinajstić information content (AvgIpc) is 2.89. The zero-order valence-electron chi connectivity index (χ0n) is 12.4. The van der Waals surface area contributed by atoms with Crippen LogP contribution >= 0.6 is 11.6 Å². The molecule has 1 amide bonds. The van der Waals surface area contributed by atoms with Crippen LogP contribution in [0.1, 0.15) is 6.42 Å². The van der Waals surface area contributed by atoms with Crippen LogP contribution in [0, 0.1) is 5.82 Å². The molecule has 1 aliphatic heterocycles. The third-order valence-electron chi connectivity index (χ3n) is 3.75. The molecule has 1 heterocycles. The SMILES string of the molecule is O=C1[C@H](NS(=O)(=O)c2cccc(Cl)c2)CCN1c1ccc(F)cc1. The Labute approximate surface area is 144 Å². The van der Waals surface area contributed by atoms with E-state index in [4.69, 9.17) is 11.6 Å². The summed E-state index contributed by atoms with van der Waals surface area (Å²) in [5.41, 5.74) is 0.533. The van der Waals surface area contributed by atoms with Crippen molar-refractivity contribution in [2.24, 2.45) is 0 Å². The van der Waals surface area contributed by atoms with Gasteiger partial charge in [-0.2, -0.15) is 4.72 Å². The van der Waals surface area contributed by atoms with Gasteiger partial charge in [0.05, 0.1) is 4.90 Å². The summed E-state index contributed by atoms with van der Waals surface area (Å²) in [5.74, 6) is -0.768. The number of carbonyl (C=O) groups is 1. The molecular formula is C16H14ClFN2O3S. The third-order valence-corrected chi connectivity index (χ3v) is 5.45. The lowest BCUT2D eigenvalue weighted by molar-refractivity contribution is -0.118. The molecule has 1 aliphatic rings. The van der Waals surface area contributed by atoms with Gasteiger partial charge in [-0.05, 0) is 48.9 Å². The van der Waals surface area contributed by atoms with E-state index in [0.29, 0.717) is 23.7 Å². The molecule has 1 fully saturated rings. The number of carbonyl (C=O) groups excluding carboxylic acids is 1. The topological polar surface area (TPSA) is 66.5 Å². The highest BCUT2D eigenvalue weighted by Crippen LogP contribution is 2.23. The fraction of sp³-hybridized carbons (Fsp3) is 0.188. The second kappa shape index (κ2) is 6.51. The normalized spacial score (nSPS) is 18.2. The molecule has 0 aliphatic carbocycles. The van der Waals surface area contributed by atoms with Gasteiger partial charge in [0, 0.05) is 17.3 Å². The van der Waals surface area contributed by atoms with Crippen molar-refractivity contribution < 1.29 is 17.6 Å². The molecule has 24 heavy (non-hydrogen) atoms. The zero-order valence-corrected chi connectivity index (χ0v) is 14.0. The van der Waals surface area contributed by atoms with Crippen molar-refractivity contribution in [2.75, 3.05) is 11.4 Å². The molecule has 2 aromatic rings. The van der Waals surface area contributed by atoms with Gasteiger partial charge in [-0.1, -0.05) is 17.7 Å². The van der Waals surface area contributed by atoms with Crippen LogP contribution in [-0.4, -0.2) is 26.9 Å². The summed E-state index contributed by atoms with van der Waals surface area (Å²) in [7, 11) is -3.85. The molecule has 0 radical (unpaired) electrons. The Hall–Kier alpha value is -1.96. The molecule has 0 aromatic heterocycles. The number of anilines is 1. The fourth-order valence-electron chi connectivity index (χ4n) is 2.56. The van der Waals surface area contributed by atoms with Crippen molar-refractivity contribution in [1.82, 2.24) is 4.72 Å². The summed E-state index contributed by atoms with van der Waals surface area (Å²) in [5, 5.41) is 0.295. The number of halogens is 2. The Morgan fingerprint density at radius 3 is 2.54 bits per heavy atom. The van der Waals surface area contributed by atoms with Crippen LogP contribution < -0.4 is 9.62 Å². The summed E-state index contributed by atoms with van der Waals surface area (Å²) in [6, 6.07) is 10.4. The minimum atomic E-state index is -3.85. The number of nitrogens with zero attached hydrogens (tertiary/aromatic N) is 1. The molecule has 1 N–H and O–H groups in total. The van der Waals surface area contributed by atoms with E-state index in [0.717, 1.165) is 0 Å². The molecule has 8 heteroatoms. The number of hydrogen-bond donors (Lipinski definition) is 1. The predicted octanol–water partition coefficient (Wildman–Crippen LogP) is 2.56. The zero-order chi connectivity index (χ0) is 17.3. The minimum absolute atomic E-state index is 0.00281. The first-order chi connectivity index (χ1) is 11.4. The second-order valence-electron chi connectivity index (χ2n) is 5.39. The Bertz CT molecular complexity index is 871. The minimum Gasteiger partial charge on any atom is -0.311 e. The first kappa shape index (κ1) is 16.9. The van der Waals surface area contributed by atoms with E-state index in [-0.39, 0.29) is 10.8 Å². The lowest BCUT2D eigenvalue weighted by atomic mass is 10.3. The molecule has 0 spiro atoms. The molecule has 0 bridgehead atoms. The maximum absolute atomic E-state index is 13.0. The van der Waals surface area contributed by atoms with Gasteiger partial charge >= 0.3 is 0 Å². The second-order valence-corrected chi connectivity index (χ2v) is 7.54. The number of benzene rings is 2. The lowest BCUT2D eigenvalue weighted by Gasteiger charge is -2.17. The number of nitrogens with one attached hydrogen (secondary N) is 1. The van der Waals surface area contributed by atoms with E-state index in [9.17, 15) is 17.6 Å². The first-order valence-electron chi connectivity index (χ1n) is 7.22. The lowest BCUT2D eigenvalue weighted by Crippen LogP contribution is -2.41. The number of hydrogen-bond acceptors (Lipinski definition) is 3. The van der Waals surface area contributed by atoms with E-state index < -0.39 is 21.9 Å². The van der Waals surface area contributed by atoms with Gasteiger partial charge in [0.2, 0.25) is 15.9 Å². The third kappa shape index (κ3) is 3.43. The molecule has 1 saturated heterocycles. The van der Waals surface area contributed by atoms with E-state index in [1.165, 1.54) is 47.4 Å². The van der Waals surface area contributed by atoms with Crippen molar-refractivity contribution in [3.63, 3.8) is 0 Å². The molecule has 0 unspecified atom stereocenters.